The number of nitrogen functional groups attached to an aromatic ring is 1. The van der Waals surface area contributed by atoms with Crippen LogP contribution in [0.4, 0.5) is 10.5 Å². The van der Waals surface area contributed by atoms with E-state index in [9.17, 15) is 14.4 Å². The maximum absolute atomic E-state index is 12.5. The highest BCUT2D eigenvalue weighted by Crippen LogP contribution is 2.20. The molecule has 25 heavy (non-hydrogen) atoms. The molecule has 1 aromatic carbocycles. The molecule has 0 radical (unpaired) electrons. The van der Waals surface area contributed by atoms with Crippen molar-refractivity contribution in [1.29, 1.82) is 5.41 Å². The topological polar surface area (TPSA) is 129 Å². The number of carbonyl (C=O) groups excluding carboxylic acids is 3. The number of nitrogens with two attached hydrogens (primary N) is 1. The first-order valence-electron chi connectivity index (χ1n) is 7.90. The van der Waals surface area contributed by atoms with Crippen molar-refractivity contribution in [3.8, 4) is 0 Å². The molecule has 2 saturated heterocycles. The molecule has 1 unspecified atom stereocenters. The smallest absolute Gasteiger partial charge is 0.325 e. The lowest BCUT2D eigenvalue weighted by molar-refractivity contribution is -0.138. The van der Waals surface area contributed by atoms with E-state index in [1.807, 2.05) is 0 Å². The molecule has 132 valence electrons. The molecule has 3 rings (SSSR count). The molecular formula is C16H19N5O4. The van der Waals surface area contributed by atoms with Gasteiger partial charge < -0.3 is 20.7 Å². The predicted octanol–water partition coefficient (Wildman–Crippen LogP) is -0.356. The van der Waals surface area contributed by atoms with Gasteiger partial charge in [-0.2, -0.15) is 0 Å². The molecule has 0 spiro atoms. The lowest BCUT2D eigenvalue weighted by Crippen LogP contribution is -2.43. The highest BCUT2D eigenvalue weighted by molar-refractivity contribution is 5.98. The molecule has 9 heteroatoms. The number of ether oxygens (including phenoxy) is 1. The molecule has 2 fully saturated rings. The molecule has 2 aliphatic rings. The Morgan fingerprint density at radius 3 is 2.60 bits per heavy atom. The molecular weight excluding hydrogens is 326 g/mol. The number of anilines is 1. The van der Waals surface area contributed by atoms with Gasteiger partial charge in [0.15, 0.2) is 0 Å². The fraction of sp³-hybridized carbons (Fsp3) is 0.375. The first-order chi connectivity index (χ1) is 11.9. The van der Waals surface area contributed by atoms with Crippen molar-refractivity contribution < 1.29 is 19.1 Å². The van der Waals surface area contributed by atoms with E-state index in [1.165, 1.54) is 4.90 Å². The number of nitrogens with one attached hydrogen (secondary N) is 2. The summed E-state index contributed by atoms with van der Waals surface area (Å²) in [5, 5.41) is 10.1. The van der Waals surface area contributed by atoms with E-state index in [4.69, 9.17) is 15.9 Å². The lowest BCUT2D eigenvalue weighted by Gasteiger charge is -2.19. The van der Waals surface area contributed by atoms with Crippen molar-refractivity contribution in [2.45, 2.75) is 12.5 Å². The highest BCUT2D eigenvalue weighted by atomic mass is 16.5. The maximum atomic E-state index is 12.5. The molecule has 3 amide bonds. The van der Waals surface area contributed by atoms with Crippen LogP contribution in [0.15, 0.2) is 24.3 Å². The van der Waals surface area contributed by atoms with E-state index in [-0.39, 0.29) is 49.4 Å². The zero-order valence-electron chi connectivity index (χ0n) is 13.5. The number of carbonyl (C=O) groups is 3. The van der Waals surface area contributed by atoms with Crippen LogP contribution in [-0.2, 0) is 14.3 Å². The Morgan fingerprint density at radius 1 is 1.28 bits per heavy atom. The van der Waals surface area contributed by atoms with Crippen molar-refractivity contribution in [2.24, 2.45) is 5.73 Å². The highest BCUT2D eigenvalue weighted by Gasteiger charge is 2.32. The van der Waals surface area contributed by atoms with Gasteiger partial charge in [0.25, 0.3) is 0 Å². The Kier molecular flexibility index (Phi) is 4.55. The summed E-state index contributed by atoms with van der Waals surface area (Å²) in [5.41, 5.74) is 6.69. The van der Waals surface area contributed by atoms with Gasteiger partial charge in [-0.15, -0.1) is 0 Å². The third-order valence-corrected chi connectivity index (χ3v) is 4.14. The van der Waals surface area contributed by atoms with E-state index in [0.717, 1.165) is 0 Å². The van der Waals surface area contributed by atoms with Gasteiger partial charge in [0.1, 0.15) is 19.0 Å². The predicted molar refractivity (Wildman–Crippen MR) is 89.3 cm³/mol. The molecule has 0 saturated carbocycles. The van der Waals surface area contributed by atoms with Crippen molar-refractivity contribution >= 4 is 29.4 Å². The van der Waals surface area contributed by atoms with Crippen molar-refractivity contribution in [1.82, 2.24) is 10.2 Å². The fourth-order valence-electron chi connectivity index (χ4n) is 2.84. The van der Waals surface area contributed by atoms with Crippen molar-refractivity contribution in [3.63, 3.8) is 0 Å². The minimum Gasteiger partial charge on any atom is -0.463 e. The number of hydrogen-bond acceptors (Lipinski definition) is 5. The number of benzene rings is 1. The van der Waals surface area contributed by atoms with Gasteiger partial charge in [-0.05, 0) is 24.3 Å². The van der Waals surface area contributed by atoms with Gasteiger partial charge in [0.05, 0.1) is 12.5 Å². The Labute approximate surface area is 144 Å². The number of rotatable bonds is 5. The third kappa shape index (κ3) is 3.70. The number of esters is 1. The fourth-order valence-corrected chi connectivity index (χ4v) is 2.84. The molecule has 0 bridgehead atoms. The van der Waals surface area contributed by atoms with Gasteiger partial charge in [0, 0.05) is 24.3 Å². The Bertz CT molecular complexity index is 718. The van der Waals surface area contributed by atoms with Gasteiger partial charge in [-0.3, -0.25) is 19.9 Å². The van der Waals surface area contributed by atoms with E-state index in [1.54, 1.807) is 29.2 Å². The summed E-state index contributed by atoms with van der Waals surface area (Å²) < 4.78 is 4.79. The average Bonchev–Trinajstić information content (AvgIpc) is 3.14. The maximum Gasteiger partial charge on any atom is 0.325 e. The summed E-state index contributed by atoms with van der Waals surface area (Å²) in [6, 6.07) is 6.21. The van der Waals surface area contributed by atoms with Crippen molar-refractivity contribution in [3.05, 3.63) is 29.8 Å². The van der Waals surface area contributed by atoms with E-state index in [0.29, 0.717) is 24.3 Å². The average molecular weight is 345 g/mol. The van der Waals surface area contributed by atoms with Crippen LogP contribution >= 0.6 is 0 Å². The number of cyclic esters (lactones) is 1. The molecule has 9 nitrogen and oxygen atoms in total. The second-order valence-corrected chi connectivity index (χ2v) is 5.97. The van der Waals surface area contributed by atoms with Crippen LogP contribution in [0.2, 0.25) is 0 Å². The first kappa shape index (κ1) is 16.7. The lowest BCUT2D eigenvalue weighted by atomic mass is 10.2. The van der Waals surface area contributed by atoms with Gasteiger partial charge in [-0.1, -0.05) is 0 Å². The molecule has 4 N–H and O–H groups in total. The van der Waals surface area contributed by atoms with Crippen LogP contribution in [-0.4, -0.2) is 60.9 Å². The standard InChI is InChI=1S/C16H19N5O4/c17-15(18)10-1-3-12(4-2-10)21-6-5-20(16(21)24)8-13(22)19-11-7-14(23)25-9-11/h1-4,11H,5-9H2,(H3,17,18)(H,19,22). The van der Waals surface area contributed by atoms with Crippen LogP contribution in [0.5, 0.6) is 0 Å². The second-order valence-electron chi connectivity index (χ2n) is 5.97. The summed E-state index contributed by atoms with van der Waals surface area (Å²) in [6.07, 6.45) is 0.161. The zero-order chi connectivity index (χ0) is 18.0. The van der Waals surface area contributed by atoms with Gasteiger partial charge in [0.2, 0.25) is 5.91 Å². The molecule has 0 aliphatic carbocycles. The summed E-state index contributed by atoms with van der Waals surface area (Å²) in [4.78, 5) is 38.6. The molecule has 0 aromatic heterocycles. The van der Waals surface area contributed by atoms with Crippen molar-refractivity contribution in [2.75, 3.05) is 31.1 Å². The SMILES string of the molecule is N=C(N)c1ccc(N2CCN(CC(=O)NC3COC(=O)C3)C2=O)cc1. The third-order valence-electron chi connectivity index (χ3n) is 4.14. The summed E-state index contributed by atoms with van der Waals surface area (Å²) in [7, 11) is 0. The Hall–Kier alpha value is -3.10. The van der Waals surface area contributed by atoms with Crippen LogP contribution in [0.3, 0.4) is 0 Å². The quantitative estimate of drug-likeness (QED) is 0.381. The number of hydrogen-bond donors (Lipinski definition) is 3. The Morgan fingerprint density at radius 2 is 2.00 bits per heavy atom. The van der Waals surface area contributed by atoms with Gasteiger partial charge in [-0.25, -0.2) is 4.79 Å². The number of amides is 3. The largest absolute Gasteiger partial charge is 0.463 e. The van der Waals surface area contributed by atoms with E-state index < -0.39 is 0 Å². The van der Waals surface area contributed by atoms with Crippen LogP contribution < -0.4 is 16.0 Å². The summed E-state index contributed by atoms with van der Waals surface area (Å²) >= 11 is 0. The Balaban J connectivity index is 1.57. The van der Waals surface area contributed by atoms with Crippen LogP contribution in [0.1, 0.15) is 12.0 Å². The molecule has 1 atom stereocenters. The number of amidine groups is 1. The zero-order valence-corrected chi connectivity index (χ0v) is 13.5. The first-order valence-corrected chi connectivity index (χ1v) is 7.90. The summed E-state index contributed by atoms with van der Waals surface area (Å²) in [6.45, 7) is 1.01. The van der Waals surface area contributed by atoms with Gasteiger partial charge >= 0.3 is 12.0 Å². The van der Waals surface area contributed by atoms with E-state index in [2.05, 4.69) is 5.32 Å². The second kappa shape index (κ2) is 6.80. The van der Waals surface area contributed by atoms with Crippen LogP contribution in [0, 0.1) is 5.41 Å². The normalized spacial score (nSPS) is 19.9. The van der Waals surface area contributed by atoms with E-state index >= 15 is 0 Å². The summed E-state index contributed by atoms with van der Waals surface area (Å²) in [5.74, 6) is -0.680. The number of urea groups is 1. The minimum absolute atomic E-state index is 0.0352. The number of nitrogens with zero attached hydrogens (tertiary/aromatic N) is 2. The molecule has 2 heterocycles. The molecule has 2 aliphatic heterocycles. The molecule has 1 aromatic rings. The van der Waals surface area contributed by atoms with Crippen LogP contribution in [0.25, 0.3) is 0 Å². The minimum atomic E-state index is -0.331. The monoisotopic (exact) mass is 345 g/mol.